The molecule has 0 amide bonds. The molecule has 4 aliphatic carbocycles. The Labute approximate surface area is 234 Å². The van der Waals surface area contributed by atoms with Gasteiger partial charge in [-0.1, -0.05) is 13.8 Å². The van der Waals surface area contributed by atoms with Gasteiger partial charge < -0.3 is 10.1 Å². The lowest BCUT2D eigenvalue weighted by molar-refractivity contribution is -0.122. The molecule has 0 aliphatic heterocycles. The average Bonchev–Trinajstić information content (AvgIpc) is 3.56. The normalized spacial score (nSPS) is 38.2. The van der Waals surface area contributed by atoms with Gasteiger partial charge >= 0.3 is 0 Å². The van der Waals surface area contributed by atoms with E-state index in [1.54, 1.807) is 10.7 Å². The molecule has 210 valence electrons. The lowest BCUT2D eigenvalue weighted by Crippen LogP contribution is -2.54. The molecule has 39 heavy (non-hydrogen) atoms. The lowest BCUT2D eigenvalue weighted by Gasteiger charge is -2.61. The minimum atomic E-state index is 0.394. The van der Waals surface area contributed by atoms with Gasteiger partial charge in [0, 0.05) is 25.5 Å². The quantitative estimate of drug-likeness (QED) is 0.409. The number of rotatable bonds is 7. The Balaban J connectivity index is 1.11. The van der Waals surface area contributed by atoms with E-state index in [0.717, 1.165) is 54.3 Å². The van der Waals surface area contributed by atoms with E-state index in [2.05, 4.69) is 50.2 Å². The number of nitrogens with one attached hydrogen (secondary N) is 1. The van der Waals surface area contributed by atoms with E-state index >= 15 is 0 Å². The van der Waals surface area contributed by atoms with Gasteiger partial charge in [-0.25, -0.2) is 9.67 Å². The van der Waals surface area contributed by atoms with Gasteiger partial charge in [0.2, 0.25) is 0 Å². The van der Waals surface area contributed by atoms with Gasteiger partial charge in [0.1, 0.15) is 11.9 Å². The van der Waals surface area contributed by atoms with Crippen molar-refractivity contribution in [3.8, 4) is 11.8 Å². The number of nitriles is 1. The summed E-state index contributed by atoms with van der Waals surface area (Å²) in [5.41, 5.74) is 2.26. The van der Waals surface area contributed by atoms with E-state index in [-0.39, 0.29) is 0 Å². The summed E-state index contributed by atoms with van der Waals surface area (Å²) in [4.78, 5) is 4.71. The Morgan fingerprint density at radius 3 is 2.64 bits per heavy atom. The molecule has 0 aromatic carbocycles. The van der Waals surface area contributed by atoms with Crippen LogP contribution < -0.4 is 5.32 Å². The molecule has 0 radical (unpaired) electrons. The largest absolute Gasteiger partial charge is 0.381 e. The van der Waals surface area contributed by atoms with E-state index in [1.807, 2.05) is 18.5 Å². The third-order valence-electron chi connectivity index (χ3n) is 12.1. The van der Waals surface area contributed by atoms with E-state index in [4.69, 9.17) is 15.0 Å². The van der Waals surface area contributed by atoms with Crippen LogP contribution in [0.3, 0.4) is 0 Å². The van der Waals surface area contributed by atoms with Crippen LogP contribution in [0.5, 0.6) is 0 Å². The Bertz CT molecular complexity index is 1190. The second kappa shape index (κ2) is 10.5. The number of fused-ring (bicyclic) bond motifs is 5. The first-order chi connectivity index (χ1) is 18.9. The van der Waals surface area contributed by atoms with Crippen molar-refractivity contribution < 1.29 is 4.74 Å². The lowest BCUT2D eigenvalue weighted by atomic mass is 9.44. The zero-order valence-corrected chi connectivity index (χ0v) is 24.4. The predicted octanol–water partition coefficient (Wildman–Crippen LogP) is 7.25. The van der Waals surface area contributed by atoms with Crippen molar-refractivity contribution in [3.63, 3.8) is 0 Å². The minimum Gasteiger partial charge on any atom is -0.381 e. The Hall–Kier alpha value is -2.39. The highest BCUT2D eigenvalue weighted by Crippen LogP contribution is 2.68. The highest BCUT2D eigenvalue weighted by Gasteiger charge is 2.60. The summed E-state index contributed by atoms with van der Waals surface area (Å²) in [6, 6.07) is 8.28. The van der Waals surface area contributed by atoms with Gasteiger partial charge in [-0.3, -0.25) is 0 Å². The summed E-state index contributed by atoms with van der Waals surface area (Å²) in [5.74, 6) is 6.00. The highest BCUT2D eigenvalue weighted by atomic mass is 16.5. The third kappa shape index (κ3) is 4.69. The molecular weight excluding hydrogens is 482 g/mol. The van der Waals surface area contributed by atoms with E-state index in [9.17, 15) is 0 Å². The fraction of sp³-hybridized carbons (Fsp3) is 0.727. The molecule has 1 N–H and O–H groups in total. The molecule has 4 fully saturated rings. The average molecular weight is 530 g/mol. The van der Waals surface area contributed by atoms with Crippen LogP contribution in [0.15, 0.2) is 30.6 Å². The fourth-order valence-corrected chi connectivity index (χ4v) is 10.1. The van der Waals surface area contributed by atoms with Gasteiger partial charge in [0.15, 0.2) is 5.69 Å². The summed E-state index contributed by atoms with van der Waals surface area (Å²) in [7, 11) is 0. The molecule has 4 aliphatic rings. The zero-order valence-electron chi connectivity index (χ0n) is 24.4. The molecule has 0 saturated heterocycles. The van der Waals surface area contributed by atoms with Crippen molar-refractivity contribution >= 4 is 5.82 Å². The van der Waals surface area contributed by atoms with Crippen molar-refractivity contribution in [2.24, 2.45) is 46.3 Å². The van der Waals surface area contributed by atoms with Crippen molar-refractivity contribution in [2.45, 2.75) is 91.5 Å². The summed E-state index contributed by atoms with van der Waals surface area (Å²) < 4.78 is 7.55. The monoisotopic (exact) mass is 529 g/mol. The number of hydrogen-bond acceptors (Lipinski definition) is 5. The number of nitrogens with zero attached hydrogens (tertiary/aromatic N) is 4. The molecule has 6 heteroatoms. The predicted molar refractivity (Wildman–Crippen MR) is 154 cm³/mol. The standard InChI is InChI=1S/C33H47N5O/c1-5-39-21-23-12-15-32(3)24(18-23)6-8-27-29-10-9-28(33(29,4)16-13-30(27)32)22(2)36-31-11-7-26(20-35-31)38-17-14-25(19-34)37-38/h7,11,14,17,20,22-24,27-30H,5-6,8-10,12-13,15-16,18,21H2,1-4H3,(H,35,36)/t22-,23+,24-,27+,28-,29?,30?,32+,33-/m1/s1. The van der Waals surface area contributed by atoms with Gasteiger partial charge in [-0.05, 0) is 136 Å². The summed E-state index contributed by atoms with van der Waals surface area (Å²) in [6.07, 6.45) is 16.3. The molecule has 6 nitrogen and oxygen atoms in total. The van der Waals surface area contributed by atoms with E-state index in [0.29, 0.717) is 28.5 Å². The maximum absolute atomic E-state index is 9.06. The van der Waals surface area contributed by atoms with Gasteiger partial charge in [0.05, 0.1) is 11.9 Å². The highest BCUT2D eigenvalue weighted by molar-refractivity contribution is 5.41. The van der Waals surface area contributed by atoms with Crippen LogP contribution in [0.4, 0.5) is 5.82 Å². The second-order valence-corrected chi connectivity index (χ2v) is 13.8. The fourth-order valence-electron chi connectivity index (χ4n) is 10.1. The van der Waals surface area contributed by atoms with E-state index < -0.39 is 0 Å². The number of aromatic nitrogens is 3. The number of pyridine rings is 1. The van der Waals surface area contributed by atoms with Gasteiger partial charge in [-0.15, -0.1) is 0 Å². The molecule has 0 spiro atoms. The van der Waals surface area contributed by atoms with Crippen LogP contribution in [0.2, 0.25) is 0 Å². The number of ether oxygens (including phenoxy) is 1. The van der Waals surface area contributed by atoms with Gasteiger partial charge in [-0.2, -0.15) is 10.4 Å². The van der Waals surface area contributed by atoms with Gasteiger partial charge in [0.25, 0.3) is 0 Å². The summed E-state index contributed by atoms with van der Waals surface area (Å²) in [6.45, 7) is 11.7. The van der Waals surface area contributed by atoms with Crippen LogP contribution in [0, 0.1) is 57.7 Å². The Morgan fingerprint density at radius 1 is 1.08 bits per heavy atom. The van der Waals surface area contributed by atoms with Crippen molar-refractivity contribution in [3.05, 3.63) is 36.3 Å². The smallest absolute Gasteiger partial charge is 0.162 e. The Kier molecular flexibility index (Phi) is 7.25. The topological polar surface area (TPSA) is 75.8 Å². The molecule has 2 unspecified atom stereocenters. The maximum Gasteiger partial charge on any atom is 0.162 e. The molecule has 0 bridgehead atoms. The summed E-state index contributed by atoms with van der Waals surface area (Å²) in [5, 5.41) is 17.1. The Morgan fingerprint density at radius 2 is 1.90 bits per heavy atom. The first-order valence-corrected chi connectivity index (χ1v) is 15.6. The molecule has 2 aromatic rings. The first-order valence-electron chi connectivity index (χ1n) is 15.6. The minimum absolute atomic E-state index is 0.394. The maximum atomic E-state index is 9.06. The summed E-state index contributed by atoms with van der Waals surface area (Å²) >= 11 is 0. The molecule has 6 rings (SSSR count). The SMILES string of the molecule is CCOC[C@H]1CC[C@]2(C)C3CC[C@@]4(C)C(CC[C@@H]4[C@@H](C)Nc4ccc(-n5ccc(C#N)n5)cn4)[C@@H]3CC[C@@H]2C1. The van der Waals surface area contributed by atoms with Crippen molar-refractivity contribution in [2.75, 3.05) is 18.5 Å². The number of hydrogen-bond donors (Lipinski definition) is 1. The third-order valence-corrected chi connectivity index (χ3v) is 12.1. The van der Waals surface area contributed by atoms with Crippen LogP contribution in [-0.2, 0) is 4.74 Å². The van der Waals surface area contributed by atoms with Crippen LogP contribution in [-0.4, -0.2) is 34.0 Å². The molecular formula is C33H47N5O. The van der Waals surface area contributed by atoms with Crippen molar-refractivity contribution in [1.29, 1.82) is 5.26 Å². The molecule has 9 atom stereocenters. The molecule has 2 heterocycles. The first kappa shape index (κ1) is 26.8. The zero-order chi connectivity index (χ0) is 27.2. The van der Waals surface area contributed by atoms with Crippen molar-refractivity contribution in [1.82, 2.24) is 14.8 Å². The second-order valence-electron chi connectivity index (χ2n) is 13.8. The van der Waals surface area contributed by atoms with Crippen LogP contribution in [0.25, 0.3) is 5.69 Å². The molecule has 4 saturated carbocycles. The van der Waals surface area contributed by atoms with Crippen LogP contribution in [0.1, 0.15) is 91.2 Å². The van der Waals surface area contributed by atoms with Crippen LogP contribution >= 0.6 is 0 Å². The number of anilines is 1. The van der Waals surface area contributed by atoms with E-state index in [1.165, 1.54) is 57.8 Å². The molecule has 2 aromatic heterocycles.